The van der Waals surface area contributed by atoms with Gasteiger partial charge < -0.3 is 5.32 Å². The average molecular weight is 328 g/mol. The lowest BCUT2D eigenvalue weighted by molar-refractivity contribution is -0.385. The third-order valence-electron chi connectivity index (χ3n) is 3.27. The summed E-state index contributed by atoms with van der Waals surface area (Å²) in [6, 6.07) is 6.10. The van der Waals surface area contributed by atoms with Crippen LogP contribution in [0.3, 0.4) is 0 Å². The molecular weight excluding hydrogens is 310 g/mol. The second-order valence-corrected chi connectivity index (χ2v) is 6.11. The van der Waals surface area contributed by atoms with E-state index < -0.39 is 0 Å². The van der Waals surface area contributed by atoms with Crippen LogP contribution in [0.2, 0.25) is 0 Å². The van der Waals surface area contributed by atoms with Crippen molar-refractivity contribution in [2.75, 3.05) is 13.1 Å². The molecule has 1 saturated heterocycles. The maximum absolute atomic E-state index is 11.1. The van der Waals surface area contributed by atoms with E-state index in [-0.39, 0.29) is 10.6 Å². The van der Waals surface area contributed by atoms with Crippen molar-refractivity contribution in [3.05, 3.63) is 38.3 Å². The molecule has 0 bridgehead atoms. The quantitative estimate of drug-likeness (QED) is 0.684. The second-order valence-electron chi connectivity index (χ2n) is 5.19. The Morgan fingerprint density at radius 3 is 2.63 bits per heavy atom. The van der Waals surface area contributed by atoms with Crippen LogP contribution >= 0.6 is 15.9 Å². The Hall–Kier alpha value is -0.980. The average Bonchev–Trinajstić information content (AvgIpc) is 2.30. The molecule has 1 N–H and O–H groups in total. The molecule has 0 amide bonds. The van der Waals surface area contributed by atoms with Crippen molar-refractivity contribution < 1.29 is 4.92 Å². The Morgan fingerprint density at radius 2 is 2.05 bits per heavy atom. The van der Waals surface area contributed by atoms with E-state index in [0.717, 1.165) is 23.1 Å². The summed E-state index contributed by atoms with van der Waals surface area (Å²) < 4.78 is 0.741. The van der Waals surface area contributed by atoms with Gasteiger partial charge in [0.25, 0.3) is 5.69 Å². The zero-order valence-corrected chi connectivity index (χ0v) is 12.7. The molecule has 19 heavy (non-hydrogen) atoms. The van der Waals surface area contributed by atoms with E-state index in [4.69, 9.17) is 0 Å². The summed E-state index contributed by atoms with van der Waals surface area (Å²) in [6.07, 6.45) is 0. The number of nitro groups is 1. The minimum atomic E-state index is -0.310. The Kier molecular flexibility index (Phi) is 4.54. The van der Waals surface area contributed by atoms with Crippen molar-refractivity contribution in [2.24, 2.45) is 0 Å². The van der Waals surface area contributed by atoms with E-state index >= 15 is 0 Å². The van der Waals surface area contributed by atoms with E-state index in [1.165, 1.54) is 0 Å². The highest BCUT2D eigenvalue weighted by atomic mass is 79.9. The largest absolute Gasteiger partial charge is 0.309 e. The van der Waals surface area contributed by atoms with Gasteiger partial charge in [0.1, 0.15) is 0 Å². The molecule has 2 atom stereocenters. The van der Waals surface area contributed by atoms with Crippen molar-refractivity contribution in [3.63, 3.8) is 0 Å². The Bertz CT molecular complexity index is 471. The number of nitrogens with one attached hydrogen (secondary N) is 1. The van der Waals surface area contributed by atoms with E-state index in [2.05, 4.69) is 40.0 Å². The predicted octanol–water partition coefficient (Wildman–Crippen LogP) is 2.54. The topological polar surface area (TPSA) is 58.4 Å². The van der Waals surface area contributed by atoms with Crippen molar-refractivity contribution in [3.8, 4) is 0 Å². The van der Waals surface area contributed by atoms with Crippen LogP contribution in [-0.2, 0) is 6.54 Å². The lowest BCUT2D eigenvalue weighted by Crippen LogP contribution is -2.53. The Morgan fingerprint density at radius 1 is 1.42 bits per heavy atom. The number of nitrogens with zero attached hydrogens (tertiary/aromatic N) is 2. The summed E-state index contributed by atoms with van der Waals surface area (Å²) in [6.45, 7) is 6.73. The number of benzene rings is 1. The van der Waals surface area contributed by atoms with Gasteiger partial charge in [-0.1, -0.05) is 15.9 Å². The van der Waals surface area contributed by atoms with Crippen LogP contribution in [-0.4, -0.2) is 35.0 Å². The maximum atomic E-state index is 11.1. The molecule has 0 saturated carbocycles. The van der Waals surface area contributed by atoms with Gasteiger partial charge in [0.15, 0.2) is 0 Å². The summed E-state index contributed by atoms with van der Waals surface area (Å²) in [5.41, 5.74) is 0.961. The van der Waals surface area contributed by atoms with Crippen LogP contribution in [0.15, 0.2) is 22.7 Å². The van der Waals surface area contributed by atoms with Crippen LogP contribution in [0.4, 0.5) is 5.69 Å². The Labute approximate surface area is 121 Å². The van der Waals surface area contributed by atoms with Crippen LogP contribution in [0.5, 0.6) is 0 Å². The molecule has 104 valence electrons. The fourth-order valence-electron chi connectivity index (χ4n) is 2.65. The van der Waals surface area contributed by atoms with E-state index in [0.29, 0.717) is 18.6 Å². The summed E-state index contributed by atoms with van der Waals surface area (Å²) in [5.74, 6) is 0. The zero-order valence-electron chi connectivity index (χ0n) is 11.1. The number of halogens is 1. The Balaban J connectivity index is 2.16. The standard InChI is InChI=1S/C13H18BrN3O2/c1-9-6-16(7-10(2)15-9)8-11-3-4-12(14)5-13(11)17(18)19/h3-5,9-10,15H,6-8H2,1-2H3. The van der Waals surface area contributed by atoms with Gasteiger partial charge in [-0.2, -0.15) is 0 Å². The molecule has 1 aromatic rings. The summed E-state index contributed by atoms with van der Waals surface area (Å²) in [4.78, 5) is 13.1. The van der Waals surface area contributed by atoms with Crippen LogP contribution in [0, 0.1) is 10.1 Å². The molecule has 2 rings (SSSR count). The van der Waals surface area contributed by atoms with Crippen molar-refractivity contribution >= 4 is 21.6 Å². The highest BCUT2D eigenvalue weighted by Gasteiger charge is 2.23. The lowest BCUT2D eigenvalue weighted by Gasteiger charge is -2.36. The molecule has 0 aromatic heterocycles. The molecule has 1 aliphatic heterocycles. The molecule has 1 fully saturated rings. The van der Waals surface area contributed by atoms with Gasteiger partial charge in [-0.05, 0) is 26.0 Å². The van der Waals surface area contributed by atoms with Gasteiger partial charge in [-0.25, -0.2) is 0 Å². The van der Waals surface area contributed by atoms with Crippen LogP contribution < -0.4 is 5.32 Å². The van der Waals surface area contributed by atoms with Gasteiger partial charge in [-0.3, -0.25) is 15.0 Å². The van der Waals surface area contributed by atoms with Gasteiger partial charge in [0.05, 0.1) is 4.92 Å². The third kappa shape index (κ3) is 3.75. The minimum absolute atomic E-state index is 0.188. The predicted molar refractivity (Wildman–Crippen MR) is 78.1 cm³/mol. The minimum Gasteiger partial charge on any atom is -0.309 e. The molecule has 0 aliphatic carbocycles. The zero-order chi connectivity index (χ0) is 14.0. The lowest BCUT2D eigenvalue weighted by atomic mass is 10.1. The monoisotopic (exact) mass is 327 g/mol. The maximum Gasteiger partial charge on any atom is 0.275 e. The highest BCUT2D eigenvalue weighted by molar-refractivity contribution is 9.10. The van der Waals surface area contributed by atoms with Crippen molar-refractivity contribution in [2.45, 2.75) is 32.5 Å². The van der Waals surface area contributed by atoms with Gasteiger partial charge in [-0.15, -0.1) is 0 Å². The van der Waals surface area contributed by atoms with Gasteiger partial charge in [0.2, 0.25) is 0 Å². The van der Waals surface area contributed by atoms with Gasteiger partial charge >= 0.3 is 0 Å². The molecule has 1 aromatic carbocycles. The summed E-state index contributed by atoms with van der Waals surface area (Å²) in [7, 11) is 0. The summed E-state index contributed by atoms with van der Waals surface area (Å²) in [5, 5.41) is 14.6. The normalized spacial score (nSPS) is 24.4. The number of nitro benzene ring substituents is 1. The molecule has 5 nitrogen and oxygen atoms in total. The molecule has 0 radical (unpaired) electrons. The number of rotatable bonds is 3. The van der Waals surface area contributed by atoms with Crippen LogP contribution in [0.25, 0.3) is 0 Å². The SMILES string of the molecule is CC1CN(Cc2ccc(Br)cc2[N+](=O)[O-])CC(C)N1. The number of hydrogen-bond donors (Lipinski definition) is 1. The fourth-order valence-corrected chi connectivity index (χ4v) is 3.00. The first-order valence-electron chi connectivity index (χ1n) is 6.37. The first-order chi connectivity index (χ1) is 8.95. The molecular formula is C13H18BrN3O2. The van der Waals surface area contributed by atoms with E-state index in [1.807, 2.05) is 12.1 Å². The second kappa shape index (κ2) is 5.98. The first kappa shape index (κ1) is 14.4. The van der Waals surface area contributed by atoms with Crippen molar-refractivity contribution in [1.29, 1.82) is 0 Å². The highest BCUT2D eigenvalue weighted by Crippen LogP contribution is 2.25. The molecule has 6 heteroatoms. The molecule has 1 heterocycles. The summed E-state index contributed by atoms with van der Waals surface area (Å²) >= 11 is 3.28. The third-order valence-corrected chi connectivity index (χ3v) is 3.76. The molecule has 2 unspecified atom stereocenters. The smallest absolute Gasteiger partial charge is 0.275 e. The fraction of sp³-hybridized carbons (Fsp3) is 0.538. The molecule has 1 aliphatic rings. The number of hydrogen-bond acceptors (Lipinski definition) is 4. The van der Waals surface area contributed by atoms with E-state index in [9.17, 15) is 10.1 Å². The first-order valence-corrected chi connectivity index (χ1v) is 7.16. The molecule has 0 spiro atoms. The van der Waals surface area contributed by atoms with Gasteiger partial charge in [0, 0.05) is 47.8 Å². The van der Waals surface area contributed by atoms with Crippen LogP contribution in [0.1, 0.15) is 19.4 Å². The van der Waals surface area contributed by atoms with E-state index in [1.54, 1.807) is 6.07 Å². The van der Waals surface area contributed by atoms with Crippen molar-refractivity contribution in [1.82, 2.24) is 10.2 Å². The number of piperazine rings is 1.